The van der Waals surface area contributed by atoms with E-state index in [1.54, 1.807) is 12.1 Å². The molecule has 0 spiro atoms. The molecule has 3 N–H and O–H groups in total. The number of benzene rings is 1. The minimum atomic E-state index is -0.896. The molecule has 0 aromatic heterocycles. The van der Waals surface area contributed by atoms with Gasteiger partial charge in [0.15, 0.2) is 0 Å². The Morgan fingerprint density at radius 1 is 1.19 bits per heavy atom. The van der Waals surface area contributed by atoms with Gasteiger partial charge in [0.2, 0.25) is 0 Å². The van der Waals surface area contributed by atoms with Gasteiger partial charge in [-0.2, -0.15) is 0 Å². The van der Waals surface area contributed by atoms with Crippen molar-refractivity contribution in [3.05, 3.63) is 35.4 Å². The average molecular weight is 291 g/mol. The third-order valence-corrected chi connectivity index (χ3v) is 4.49. The van der Waals surface area contributed by atoms with Gasteiger partial charge >= 0.3 is 5.97 Å². The van der Waals surface area contributed by atoms with E-state index in [1.165, 1.54) is 32.1 Å². The van der Waals surface area contributed by atoms with Gasteiger partial charge in [-0.15, -0.1) is 0 Å². The number of carboxylic acids is 1. The van der Waals surface area contributed by atoms with Crippen LogP contribution in [0.1, 0.15) is 48.0 Å². The van der Waals surface area contributed by atoms with Crippen LogP contribution in [-0.2, 0) is 6.54 Å². The van der Waals surface area contributed by atoms with Crippen molar-refractivity contribution in [2.45, 2.75) is 38.6 Å². The second-order valence-electron chi connectivity index (χ2n) is 5.97. The first-order chi connectivity index (χ1) is 10.2. The Hall–Kier alpha value is -1.39. The molecule has 1 unspecified atom stereocenters. The first kappa shape index (κ1) is 16.0. The summed E-state index contributed by atoms with van der Waals surface area (Å²) in [5.74, 6) is 0.0846. The number of nitrogens with one attached hydrogen (secondary N) is 1. The number of aliphatic hydroxyl groups excluding tert-OH is 1. The molecule has 1 aliphatic rings. The zero-order valence-electron chi connectivity index (χ0n) is 12.4. The van der Waals surface area contributed by atoms with Crippen LogP contribution in [-0.4, -0.2) is 29.3 Å². The Morgan fingerprint density at radius 2 is 1.86 bits per heavy atom. The Labute approximate surface area is 126 Å². The van der Waals surface area contributed by atoms with Crippen LogP contribution in [0.25, 0.3) is 0 Å². The average Bonchev–Trinajstić information content (AvgIpc) is 2.53. The predicted octanol–water partition coefficient (Wildman–Crippen LogP) is 2.66. The second kappa shape index (κ2) is 8.15. The summed E-state index contributed by atoms with van der Waals surface area (Å²) < 4.78 is 0. The fraction of sp³-hybridized carbons (Fsp3) is 0.588. The number of aliphatic hydroxyl groups is 1. The Morgan fingerprint density at radius 3 is 2.43 bits per heavy atom. The van der Waals surface area contributed by atoms with Gasteiger partial charge in [0, 0.05) is 19.7 Å². The van der Waals surface area contributed by atoms with Crippen LogP contribution in [0.5, 0.6) is 0 Å². The standard InChI is InChI=1S/C17H25NO3/c19-12-16(14-4-2-1-3-5-14)11-18-10-13-6-8-15(9-7-13)17(20)21/h6-9,14,16,18-19H,1-5,10-12H2,(H,20,21). The highest BCUT2D eigenvalue weighted by Gasteiger charge is 2.22. The third kappa shape index (κ3) is 4.83. The molecule has 4 heteroatoms. The van der Waals surface area contributed by atoms with E-state index >= 15 is 0 Å². The molecule has 0 radical (unpaired) electrons. The van der Waals surface area contributed by atoms with Crippen LogP contribution in [0.4, 0.5) is 0 Å². The van der Waals surface area contributed by atoms with Crippen molar-refractivity contribution in [2.24, 2.45) is 11.8 Å². The minimum absolute atomic E-state index is 0.246. The summed E-state index contributed by atoms with van der Waals surface area (Å²) in [4.78, 5) is 10.8. The molecule has 1 aliphatic carbocycles. The molecule has 1 atom stereocenters. The van der Waals surface area contributed by atoms with Crippen molar-refractivity contribution in [2.75, 3.05) is 13.2 Å². The molecule has 0 aliphatic heterocycles. The molecule has 0 heterocycles. The van der Waals surface area contributed by atoms with Crippen molar-refractivity contribution in [1.82, 2.24) is 5.32 Å². The van der Waals surface area contributed by atoms with Gasteiger partial charge in [-0.25, -0.2) is 4.79 Å². The molecule has 1 aromatic carbocycles. The van der Waals surface area contributed by atoms with Gasteiger partial charge in [-0.05, 0) is 29.5 Å². The first-order valence-electron chi connectivity index (χ1n) is 7.84. The van der Waals surface area contributed by atoms with Crippen molar-refractivity contribution in [3.63, 3.8) is 0 Å². The molecule has 0 bridgehead atoms. The number of rotatable bonds is 7. The lowest BCUT2D eigenvalue weighted by Crippen LogP contribution is -2.31. The van der Waals surface area contributed by atoms with Crippen LogP contribution in [0.15, 0.2) is 24.3 Å². The maximum Gasteiger partial charge on any atom is 0.335 e. The topological polar surface area (TPSA) is 69.6 Å². The quantitative estimate of drug-likeness (QED) is 0.722. The molecular formula is C17H25NO3. The van der Waals surface area contributed by atoms with E-state index in [-0.39, 0.29) is 6.61 Å². The summed E-state index contributed by atoms with van der Waals surface area (Å²) in [5, 5.41) is 21.8. The van der Waals surface area contributed by atoms with Crippen LogP contribution in [0.2, 0.25) is 0 Å². The summed E-state index contributed by atoms with van der Waals surface area (Å²) >= 11 is 0. The van der Waals surface area contributed by atoms with Gasteiger partial charge in [0.1, 0.15) is 0 Å². The Bertz CT molecular complexity index is 438. The fourth-order valence-electron chi connectivity index (χ4n) is 3.15. The molecule has 0 saturated heterocycles. The molecule has 1 fully saturated rings. The lowest BCUT2D eigenvalue weighted by molar-refractivity contribution is 0.0697. The molecular weight excluding hydrogens is 266 g/mol. The minimum Gasteiger partial charge on any atom is -0.478 e. The maximum atomic E-state index is 10.8. The van der Waals surface area contributed by atoms with Crippen molar-refractivity contribution >= 4 is 5.97 Å². The number of aromatic carboxylic acids is 1. The smallest absolute Gasteiger partial charge is 0.335 e. The third-order valence-electron chi connectivity index (χ3n) is 4.49. The van der Waals surface area contributed by atoms with E-state index in [0.29, 0.717) is 23.9 Å². The molecule has 116 valence electrons. The SMILES string of the molecule is O=C(O)c1ccc(CNCC(CO)C2CCCCC2)cc1. The monoisotopic (exact) mass is 291 g/mol. The summed E-state index contributed by atoms with van der Waals surface area (Å²) in [7, 11) is 0. The molecule has 1 saturated carbocycles. The number of hydrogen-bond donors (Lipinski definition) is 3. The van der Waals surface area contributed by atoms with Crippen molar-refractivity contribution in [1.29, 1.82) is 0 Å². The van der Waals surface area contributed by atoms with Gasteiger partial charge in [0.25, 0.3) is 0 Å². The maximum absolute atomic E-state index is 10.8. The summed E-state index contributed by atoms with van der Waals surface area (Å²) in [5.41, 5.74) is 1.38. The van der Waals surface area contributed by atoms with Crippen LogP contribution in [0, 0.1) is 11.8 Å². The molecule has 0 amide bonds. The van der Waals surface area contributed by atoms with Crippen LogP contribution >= 0.6 is 0 Å². The fourth-order valence-corrected chi connectivity index (χ4v) is 3.15. The zero-order valence-corrected chi connectivity index (χ0v) is 12.4. The highest BCUT2D eigenvalue weighted by molar-refractivity contribution is 5.87. The van der Waals surface area contributed by atoms with Gasteiger partial charge in [0.05, 0.1) is 5.56 Å². The first-order valence-corrected chi connectivity index (χ1v) is 7.84. The van der Waals surface area contributed by atoms with E-state index < -0.39 is 5.97 Å². The van der Waals surface area contributed by atoms with Crippen LogP contribution in [0.3, 0.4) is 0 Å². The predicted molar refractivity (Wildman–Crippen MR) is 82.3 cm³/mol. The lowest BCUT2D eigenvalue weighted by Gasteiger charge is -2.29. The zero-order chi connectivity index (χ0) is 15.1. The highest BCUT2D eigenvalue weighted by atomic mass is 16.4. The normalized spacial score (nSPS) is 17.6. The number of carboxylic acid groups (broad SMARTS) is 1. The van der Waals surface area contributed by atoms with E-state index in [4.69, 9.17) is 5.11 Å². The van der Waals surface area contributed by atoms with E-state index in [1.807, 2.05) is 12.1 Å². The van der Waals surface area contributed by atoms with E-state index in [9.17, 15) is 9.90 Å². The van der Waals surface area contributed by atoms with E-state index in [0.717, 1.165) is 12.1 Å². The Balaban J connectivity index is 1.77. The summed E-state index contributed by atoms with van der Waals surface area (Å²) in [6.07, 6.45) is 6.38. The largest absolute Gasteiger partial charge is 0.478 e. The second-order valence-corrected chi connectivity index (χ2v) is 5.97. The van der Waals surface area contributed by atoms with Gasteiger partial charge in [-0.1, -0.05) is 44.2 Å². The van der Waals surface area contributed by atoms with E-state index in [2.05, 4.69) is 5.32 Å². The molecule has 4 nitrogen and oxygen atoms in total. The van der Waals surface area contributed by atoms with Gasteiger partial charge < -0.3 is 15.5 Å². The molecule has 2 rings (SSSR count). The lowest BCUT2D eigenvalue weighted by atomic mass is 9.80. The molecule has 21 heavy (non-hydrogen) atoms. The summed E-state index contributed by atoms with van der Waals surface area (Å²) in [6.45, 7) is 1.78. The number of carbonyl (C=O) groups is 1. The van der Waals surface area contributed by atoms with Crippen molar-refractivity contribution in [3.8, 4) is 0 Å². The number of hydrogen-bond acceptors (Lipinski definition) is 3. The van der Waals surface area contributed by atoms with Crippen molar-refractivity contribution < 1.29 is 15.0 Å². The van der Waals surface area contributed by atoms with Crippen LogP contribution < -0.4 is 5.32 Å². The summed E-state index contributed by atoms with van der Waals surface area (Å²) in [6, 6.07) is 6.93. The Kier molecular flexibility index (Phi) is 6.21. The molecule has 1 aromatic rings. The highest BCUT2D eigenvalue weighted by Crippen LogP contribution is 2.29. The van der Waals surface area contributed by atoms with Gasteiger partial charge in [-0.3, -0.25) is 0 Å².